The topological polar surface area (TPSA) is 134 Å². The van der Waals surface area contributed by atoms with E-state index in [9.17, 15) is 14.9 Å². The van der Waals surface area contributed by atoms with Crippen molar-refractivity contribution in [1.29, 1.82) is 0 Å². The number of rotatable bonds is 6. The molecule has 1 aliphatic heterocycles. The molecule has 2 aromatic carbocycles. The zero-order chi connectivity index (χ0) is 19.7. The van der Waals surface area contributed by atoms with Crippen molar-refractivity contribution >= 4 is 35.3 Å². The SMILES string of the molecule is O=C(O)CSc1n[nH]c(-c2cc(-c3ccc4c(c3)N=CC4)cc([N+](=O)[O-])c2)n1. The number of H-pyrrole nitrogens is 1. The van der Waals surface area contributed by atoms with Gasteiger partial charge in [-0.25, -0.2) is 4.98 Å². The highest BCUT2D eigenvalue weighted by atomic mass is 32.2. The number of nitro benzene ring substituents is 1. The van der Waals surface area contributed by atoms with Gasteiger partial charge >= 0.3 is 5.97 Å². The summed E-state index contributed by atoms with van der Waals surface area (Å²) in [4.78, 5) is 30.2. The number of aromatic nitrogens is 3. The van der Waals surface area contributed by atoms with Gasteiger partial charge in [-0.15, -0.1) is 5.10 Å². The monoisotopic (exact) mass is 395 g/mol. The quantitative estimate of drug-likeness (QED) is 0.370. The van der Waals surface area contributed by atoms with Gasteiger partial charge in [-0.05, 0) is 28.8 Å². The van der Waals surface area contributed by atoms with Crippen molar-refractivity contribution in [1.82, 2.24) is 15.2 Å². The Morgan fingerprint density at radius 1 is 1.21 bits per heavy atom. The second kappa shape index (κ2) is 7.24. The largest absolute Gasteiger partial charge is 0.481 e. The third-order valence-corrected chi connectivity index (χ3v) is 4.98. The van der Waals surface area contributed by atoms with Crippen molar-refractivity contribution in [3.05, 3.63) is 52.1 Å². The molecule has 1 aliphatic rings. The summed E-state index contributed by atoms with van der Waals surface area (Å²) in [6.45, 7) is 0. The van der Waals surface area contributed by atoms with E-state index < -0.39 is 10.9 Å². The Morgan fingerprint density at radius 3 is 2.82 bits per heavy atom. The van der Waals surface area contributed by atoms with Crippen molar-refractivity contribution in [2.24, 2.45) is 4.99 Å². The number of carboxylic acids is 1. The van der Waals surface area contributed by atoms with Crippen LogP contribution in [0.2, 0.25) is 0 Å². The summed E-state index contributed by atoms with van der Waals surface area (Å²) in [5, 5.41) is 27.1. The molecule has 10 heteroatoms. The van der Waals surface area contributed by atoms with E-state index in [1.807, 2.05) is 24.4 Å². The lowest BCUT2D eigenvalue weighted by atomic mass is 9.99. The summed E-state index contributed by atoms with van der Waals surface area (Å²) in [6, 6.07) is 10.5. The molecule has 2 N–H and O–H groups in total. The molecule has 0 spiro atoms. The van der Waals surface area contributed by atoms with Gasteiger partial charge in [0, 0.05) is 30.3 Å². The smallest absolute Gasteiger partial charge is 0.313 e. The highest BCUT2D eigenvalue weighted by Gasteiger charge is 2.16. The van der Waals surface area contributed by atoms with Gasteiger partial charge in [-0.3, -0.25) is 25.0 Å². The maximum Gasteiger partial charge on any atom is 0.313 e. The summed E-state index contributed by atoms with van der Waals surface area (Å²) in [7, 11) is 0. The van der Waals surface area contributed by atoms with Crippen molar-refractivity contribution < 1.29 is 14.8 Å². The molecule has 0 saturated heterocycles. The van der Waals surface area contributed by atoms with Crippen LogP contribution >= 0.6 is 11.8 Å². The minimum absolute atomic E-state index is 0.0763. The van der Waals surface area contributed by atoms with Crippen LogP contribution in [0, 0.1) is 10.1 Å². The van der Waals surface area contributed by atoms with Crippen LogP contribution in [0.5, 0.6) is 0 Å². The lowest BCUT2D eigenvalue weighted by Crippen LogP contribution is -1.97. The van der Waals surface area contributed by atoms with Crippen molar-refractivity contribution in [2.75, 3.05) is 5.75 Å². The fourth-order valence-electron chi connectivity index (χ4n) is 2.86. The van der Waals surface area contributed by atoms with Gasteiger partial charge in [-0.2, -0.15) is 0 Å². The van der Waals surface area contributed by atoms with Crippen LogP contribution in [0.4, 0.5) is 11.4 Å². The van der Waals surface area contributed by atoms with Crippen molar-refractivity contribution in [3.8, 4) is 22.5 Å². The molecule has 0 atom stereocenters. The molecule has 0 radical (unpaired) electrons. The number of non-ortho nitro benzene ring substituents is 1. The van der Waals surface area contributed by atoms with Gasteiger partial charge in [-0.1, -0.05) is 23.9 Å². The van der Waals surface area contributed by atoms with E-state index in [2.05, 4.69) is 20.2 Å². The minimum atomic E-state index is -0.978. The number of aromatic amines is 1. The number of aliphatic carboxylic acids is 1. The molecule has 0 fully saturated rings. The standard InChI is InChI=1S/C18H13N5O4S/c24-16(25)9-28-18-20-17(21-22-18)13-5-12(6-14(7-13)23(26)27)11-2-1-10-3-4-19-15(10)8-11/h1-2,4-8H,3,9H2,(H,24,25)(H,20,21,22). The molecule has 0 amide bonds. The Hall–Kier alpha value is -3.53. The van der Waals surface area contributed by atoms with Crippen molar-refractivity contribution in [2.45, 2.75) is 11.6 Å². The van der Waals surface area contributed by atoms with Crippen LogP contribution in [0.15, 0.2) is 46.5 Å². The number of thioether (sulfide) groups is 1. The van der Waals surface area contributed by atoms with E-state index in [1.165, 1.54) is 12.1 Å². The van der Waals surface area contributed by atoms with Crippen LogP contribution in [0.1, 0.15) is 5.56 Å². The molecule has 3 aromatic rings. The number of carbonyl (C=O) groups is 1. The Labute approximate surface area is 162 Å². The molecule has 1 aromatic heterocycles. The fraction of sp³-hybridized carbons (Fsp3) is 0.111. The second-order valence-corrected chi connectivity index (χ2v) is 6.98. The molecule has 2 heterocycles. The summed E-state index contributed by atoms with van der Waals surface area (Å²) in [6.07, 6.45) is 2.61. The number of nitrogens with zero attached hydrogens (tertiary/aromatic N) is 4. The molecule has 0 saturated carbocycles. The van der Waals surface area contributed by atoms with Gasteiger partial charge in [0.2, 0.25) is 5.16 Å². The van der Waals surface area contributed by atoms with Crippen LogP contribution < -0.4 is 0 Å². The third kappa shape index (κ3) is 3.62. The summed E-state index contributed by atoms with van der Waals surface area (Å²) < 4.78 is 0. The molecule has 140 valence electrons. The van der Waals surface area contributed by atoms with E-state index >= 15 is 0 Å². The van der Waals surface area contributed by atoms with Gasteiger partial charge in [0.25, 0.3) is 5.69 Å². The number of fused-ring (bicyclic) bond motifs is 1. The zero-order valence-corrected chi connectivity index (χ0v) is 15.1. The highest BCUT2D eigenvalue weighted by Crippen LogP contribution is 2.34. The number of carboxylic acid groups (broad SMARTS) is 1. The zero-order valence-electron chi connectivity index (χ0n) is 14.3. The number of nitrogens with one attached hydrogen (secondary N) is 1. The minimum Gasteiger partial charge on any atom is -0.481 e. The lowest BCUT2D eigenvalue weighted by Gasteiger charge is -2.06. The van der Waals surface area contributed by atoms with E-state index in [4.69, 9.17) is 5.11 Å². The summed E-state index contributed by atoms with van der Waals surface area (Å²) in [5.41, 5.74) is 3.85. The number of aliphatic imine (C=N–C) groups is 1. The van der Waals surface area contributed by atoms with Gasteiger partial charge in [0.15, 0.2) is 5.82 Å². The van der Waals surface area contributed by atoms with E-state index in [0.29, 0.717) is 17.0 Å². The maximum absolute atomic E-state index is 11.4. The predicted octanol–water partition coefficient (Wildman–Crippen LogP) is 3.48. The molecule has 0 unspecified atom stereocenters. The first-order valence-electron chi connectivity index (χ1n) is 8.22. The third-order valence-electron chi connectivity index (χ3n) is 4.15. The van der Waals surface area contributed by atoms with Crippen LogP contribution in [0.3, 0.4) is 0 Å². The number of hydrogen-bond donors (Lipinski definition) is 2. The molecule has 28 heavy (non-hydrogen) atoms. The van der Waals surface area contributed by atoms with E-state index in [0.717, 1.165) is 35.0 Å². The molecule has 9 nitrogen and oxygen atoms in total. The predicted molar refractivity (Wildman–Crippen MR) is 104 cm³/mol. The van der Waals surface area contributed by atoms with Crippen LogP contribution in [0.25, 0.3) is 22.5 Å². The number of hydrogen-bond acceptors (Lipinski definition) is 7. The molecule has 0 aliphatic carbocycles. The Balaban J connectivity index is 1.73. The summed E-state index contributed by atoms with van der Waals surface area (Å²) >= 11 is 0.966. The number of benzene rings is 2. The highest BCUT2D eigenvalue weighted by molar-refractivity contribution is 7.99. The average molecular weight is 395 g/mol. The average Bonchev–Trinajstić information content (AvgIpc) is 3.34. The van der Waals surface area contributed by atoms with Gasteiger partial charge in [0.1, 0.15) is 0 Å². The fourth-order valence-corrected chi connectivity index (χ4v) is 3.38. The number of nitro groups is 1. The van der Waals surface area contributed by atoms with E-state index in [1.54, 1.807) is 6.07 Å². The Kier molecular flexibility index (Phi) is 4.62. The lowest BCUT2D eigenvalue weighted by molar-refractivity contribution is -0.384. The first kappa shape index (κ1) is 17.9. The van der Waals surface area contributed by atoms with E-state index in [-0.39, 0.29) is 16.6 Å². The molecule has 4 rings (SSSR count). The summed E-state index contributed by atoms with van der Waals surface area (Å²) in [5.74, 6) is -0.821. The molecular weight excluding hydrogens is 382 g/mol. The second-order valence-electron chi connectivity index (χ2n) is 6.03. The first-order valence-corrected chi connectivity index (χ1v) is 9.21. The first-order chi connectivity index (χ1) is 13.5. The maximum atomic E-state index is 11.4. The van der Waals surface area contributed by atoms with Crippen molar-refractivity contribution in [3.63, 3.8) is 0 Å². The molecular formula is C18H13N5O4S. The molecule has 0 bridgehead atoms. The van der Waals surface area contributed by atoms with Crippen LogP contribution in [-0.2, 0) is 11.2 Å². The van der Waals surface area contributed by atoms with Gasteiger partial charge < -0.3 is 5.11 Å². The Bertz CT molecular complexity index is 1120. The van der Waals surface area contributed by atoms with Gasteiger partial charge in [0.05, 0.1) is 16.4 Å². The normalized spacial score (nSPS) is 12.1. The Morgan fingerprint density at radius 2 is 2.04 bits per heavy atom. The van der Waals surface area contributed by atoms with Crippen LogP contribution in [-0.4, -0.2) is 43.1 Å².